The molecule has 2 aromatic carbocycles. The van der Waals surface area contributed by atoms with Crippen molar-refractivity contribution >= 4 is 27.5 Å². The molecular weight excluding hydrogens is 329 g/mol. The number of phenols is 1. The summed E-state index contributed by atoms with van der Waals surface area (Å²) in [6.07, 6.45) is 0. The molecule has 2 aromatic rings. The Bertz CT molecular complexity index is 661. The summed E-state index contributed by atoms with van der Waals surface area (Å²) in [5.74, 6) is -0.913. The van der Waals surface area contributed by atoms with E-state index in [1.165, 1.54) is 31.4 Å². The number of carbonyl (C=O) groups is 1. The summed E-state index contributed by atoms with van der Waals surface area (Å²) in [5, 5.41) is 12.1. The fourth-order valence-electron chi connectivity index (χ4n) is 1.59. The minimum Gasteiger partial charge on any atom is -0.507 e. The van der Waals surface area contributed by atoms with E-state index >= 15 is 0 Å². The zero-order chi connectivity index (χ0) is 14.7. The zero-order valence-electron chi connectivity index (χ0n) is 10.5. The van der Waals surface area contributed by atoms with E-state index in [1.54, 1.807) is 12.1 Å². The van der Waals surface area contributed by atoms with Gasteiger partial charge in [-0.05, 0) is 46.3 Å². The second-order valence-corrected chi connectivity index (χ2v) is 4.82. The average molecular weight is 340 g/mol. The van der Waals surface area contributed by atoms with Crippen molar-refractivity contribution in [3.8, 4) is 11.5 Å². The molecule has 0 spiro atoms. The third-order valence-electron chi connectivity index (χ3n) is 2.62. The monoisotopic (exact) mass is 339 g/mol. The second kappa shape index (κ2) is 5.92. The molecule has 0 fully saturated rings. The molecule has 20 heavy (non-hydrogen) atoms. The van der Waals surface area contributed by atoms with E-state index < -0.39 is 11.7 Å². The highest BCUT2D eigenvalue weighted by molar-refractivity contribution is 9.10. The highest BCUT2D eigenvalue weighted by Crippen LogP contribution is 2.25. The van der Waals surface area contributed by atoms with E-state index in [2.05, 4.69) is 21.2 Å². The number of anilines is 1. The molecule has 0 radical (unpaired) electrons. The Kier molecular flexibility index (Phi) is 4.24. The number of phenolic OH excluding ortho intramolecular Hbond substituents is 1. The first-order valence-corrected chi connectivity index (χ1v) is 6.44. The third-order valence-corrected chi connectivity index (χ3v) is 3.29. The zero-order valence-corrected chi connectivity index (χ0v) is 12.1. The summed E-state index contributed by atoms with van der Waals surface area (Å²) in [7, 11) is 1.34. The molecule has 1 amide bonds. The van der Waals surface area contributed by atoms with Crippen LogP contribution < -0.4 is 10.1 Å². The van der Waals surface area contributed by atoms with Gasteiger partial charge in [-0.15, -0.1) is 0 Å². The van der Waals surface area contributed by atoms with Gasteiger partial charge in [0.25, 0.3) is 5.91 Å². The number of rotatable bonds is 3. The number of aromatic hydroxyl groups is 1. The van der Waals surface area contributed by atoms with Gasteiger partial charge in [-0.2, -0.15) is 0 Å². The lowest BCUT2D eigenvalue weighted by atomic mass is 10.2. The fourth-order valence-corrected chi connectivity index (χ4v) is 1.84. The fraction of sp³-hybridized carbons (Fsp3) is 0.0714. The normalized spacial score (nSPS) is 10.2. The van der Waals surface area contributed by atoms with E-state index in [4.69, 9.17) is 4.74 Å². The van der Waals surface area contributed by atoms with Gasteiger partial charge >= 0.3 is 0 Å². The second-order valence-electron chi connectivity index (χ2n) is 3.97. The third kappa shape index (κ3) is 3.08. The number of amides is 1. The summed E-state index contributed by atoms with van der Waals surface area (Å²) in [4.78, 5) is 12.0. The van der Waals surface area contributed by atoms with E-state index in [9.17, 15) is 14.3 Å². The maximum absolute atomic E-state index is 13.3. The van der Waals surface area contributed by atoms with Gasteiger partial charge in [0, 0.05) is 17.3 Å². The Morgan fingerprint density at radius 3 is 2.70 bits per heavy atom. The molecule has 104 valence electrons. The molecule has 0 aliphatic heterocycles. The van der Waals surface area contributed by atoms with Crippen molar-refractivity contribution < 1.29 is 19.0 Å². The molecule has 2 N–H and O–H groups in total. The molecule has 0 heterocycles. The van der Waals surface area contributed by atoms with E-state index in [0.29, 0.717) is 10.2 Å². The summed E-state index contributed by atoms with van der Waals surface area (Å²) in [6.45, 7) is 0. The van der Waals surface area contributed by atoms with Crippen LogP contribution in [0.5, 0.6) is 11.5 Å². The quantitative estimate of drug-likeness (QED) is 0.898. The predicted octanol–water partition coefficient (Wildman–Crippen LogP) is 3.55. The number of halogens is 2. The van der Waals surface area contributed by atoms with Gasteiger partial charge in [0.1, 0.15) is 5.75 Å². The molecule has 0 bridgehead atoms. The summed E-state index contributed by atoms with van der Waals surface area (Å²) in [5.41, 5.74) is 0.685. The van der Waals surface area contributed by atoms with Crippen LogP contribution in [0.15, 0.2) is 40.9 Å². The molecule has 2 rings (SSSR count). The first kappa shape index (κ1) is 14.3. The lowest BCUT2D eigenvalue weighted by molar-refractivity contribution is 0.102. The van der Waals surface area contributed by atoms with Gasteiger partial charge in [-0.1, -0.05) is 0 Å². The highest BCUT2D eigenvalue weighted by atomic mass is 79.9. The van der Waals surface area contributed by atoms with E-state index in [-0.39, 0.29) is 17.1 Å². The maximum atomic E-state index is 13.3. The van der Waals surface area contributed by atoms with Gasteiger partial charge in [0.2, 0.25) is 0 Å². The lowest BCUT2D eigenvalue weighted by Gasteiger charge is -2.08. The van der Waals surface area contributed by atoms with E-state index in [0.717, 1.165) is 0 Å². The Labute approximate surface area is 123 Å². The van der Waals surface area contributed by atoms with Crippen LogP contribution >= 0.6 is 15.9 Å². The number of nitrogens with one attached hydrogen (secondary N) is 1. The Hall–Kier alpha value is -2.08. The van der Waals surface area contributed by atoms with Crippen molar-refractivity contribution in [1.29, 1.82) is 0 Å². The summed E-state index contributed by atoms with van der Waals surface area (Å²) >= 11 is 3.13. The Balaban J connectivity index is 2.21. The van der Waals surface area contributed by atoms with Crippen molar-refractivity contribution in [3.63, 3.8) is 0 Å². The van der Waals surface area contributed by atoms with Gasteiger partial charge in [-0.3, -0.25) is 4.79 Å². The van der Waals surface area contributed by atoms with Crippen LogP contribution in [-0.2, 0) is 0 Å². The molecule has 0 unspecified atom stereocenters. The van der Waals surface area contributed by atoms with Crippen LogP contribution in [0.4, 0.5) is 10.1 Å². The standard InChI is InChI=1S/C14H11BrFNO3/c1-20-13-7-9(3-5-11(13)16)17-14(19)8-2-4-10(15)12(18)6-8/h2-7,18H,1H3,(H,17,19). The summed E-state index contributed by atoms with van der Waals surface area (Å²) < 4.78 is 18.6. The number of carbonyl (C=O) groups excluding carboxylic acids is 1. The molecule has 0 aliphatic carbocycles. The topological polar surface area (TPSA) is 58.6 Å². The number of methoxy groups -OCH3 is 1. The van der Waals surface area contributed by atoms with Crippen molar-refractivity contribution in [1.82, 2.24) is 0 Å². The first-order valence-electron chi connectivity index (χ1n) is 5.64. The van der Waals surface area contributed by atoms with Crippen LogP contribution in [-0.4, -0.2) is 18.1 Å². The molecule has 4 nitrogen and oxygen atoms in total. The summed E-state index contributed by atoms with van der Waals surface area (Å²) in [6, 6.07) is 8.46. The number of hydrogen-bond donors (Lipinski definition) is 2. The molecular formula is C14H11BrFNO3. The average Bonchev–Trinajstić information content (AvgIpc) is 2.43. The Morgan fingerprint density at radius 1 is 1.30 bits per heavy atom. The minimum absolute atomic E-state index is 0.0330. The van der Waals surface area contributed by atoms with Crippen LogP contribution in [0.1, 0.15) is 10.4 Å². The van der Waals surface area contributed by atoms with Gasteiger partial charge in [0.05, 0.1) is 11.6 Å². The maximum Gasteiger partial charge on any atom is 0.255 e. The van der Waals surface area contributed by atoms with Crippen molar-refractivity contribution in [2.24, 2.45) is 0 Å². The van der Waals surface area contributed by atoms with Crippen LogP contribution in [0.3, 0.4) is 0 Å². The molecule has 0 aromatic heterocycles. The van der Waals surface area contributed by atoms with Crippen molar-refractivity contribution in [2.75, 3.05) is 12.4 Å². The molecule has 6 heteroatoms. The first-order chi connectivity index (χ1) is 9.51. The van der Waals surface area contributed by atoms with Gasteiger partial charge in [-0.25, -0.2) is 4.39 Å². The highest BCUT2D eigenvalue weighted by Gasteiger charge is 2.10. The number of ether oxygens (including phenoxy) is 1. The van der Waals surface area contributed by atoms with Crippen LogP contribution in [0.2, 0.25) is 0 Å². The molecule has 0 saturated carbocycles. The van der Waals surface area contributed by atoms with Crippen LogP contribution in [0, 0.1) is 5.82 Å². The molecule has 0 aliphatic rings. The lowest BCUT2D eigenvalue weighted by Crippen LogP contribution is -2.11. The molecule has 0 atom stereocenters. The van der Waals surface area contributed by atoms with Crippen LogP contribution in [0.25, 0.3) is 0 Å². The SMILES string of the molecule is COc1cc(NC(=O)c2ccc(Br)c(O)c2)ccc1F. The predicted molar refractivity (Wildman–Crippen MR) is 76.7 cm³/mol. The minimum atomic E-state index is -0.508. The molecule has 0 saturated heterocycles. The number of hydrogen-bond acceptors (Lipinski definition) is 3. The largest absolute Gasteiger partial charge is 0.507 e. The van der Waals surface area contributed by atoms with Crippen molar-refractivity contribution in [3.05, 3.63) is 52.3 Å². The van der Waals surface area contributed by atoms with E-state index in [1.807, 2.05) is 0 Å². The number of benzene rings is 2. The van der Waals surface area contributed by atoms with Gasteiger partial charge < -0.3 is 15.2 Å². The smallest absolute Gasteiger partial charge is 0.255 e. The Morgan fingerprint density at radius 2 is 2.05 bits per heavy atom. The van der Waals surface area contributed by atoms with Crippen molar-refractivity contribution in [2.45, 2.75) is 0 Å². The van der Waals surface area contributed by atoms with Gasteiger partial charge in [0.15, 0.2) is 11.6 Å².